The van der Waals surface area contributed by atoms with Gasteiger partial charge in [0.2, 0.25) is 21.8 Å². The maximum absolute atomic E-state index is 14.2. The van der Waals surface area contributed by atoms with Crippen LogP contribution in [0.5, 0.6) is 0 Å². The summed E-state index contributed by atoms with van der Waals surface area (Å²) >= 11 is 0. The van der Waals surface area contributed by atoms with Crippen molar-refractivity contribution in [3.63, 3.8) is 0 Å². The average molecular weight is 564 g/mol. The predicted octanol–water partition coefficient (Wildman–Crippen LogP) is 4.93. The number of hydrogen-bond donors (Lipinski definition) is 1. The summed E-state index contributed by atoms with van der Waals surface area (Å²) < 4.78 is 27.1. The van der Waals surface area contributed by atoms with Crippen molar-refractivity contribution in [2.24, 2.45) is 0 Å². The molecule has 0 unspecified atom stereocenters. The van der Waals surface area contributed by atoms with Crippen LogP contribution in [0.3, 0.4) is 0 Å². The van der Waals surface area contributed by atoms with Crippen LogP contribution in [-0.4, -0.2) is 50.0 Å². The van der Waals surface area contributed by atoms with E-state index in [4.69, 9.17) is 0 Å². The molecule has 3 aromatic rings. The van der Waals surface area contributed by atoms with E-state index in [1.807, 2.05) is 101 Å². The third-order valence-electron chi connectivity index (χ3n) is 7.01. The lowest BCUT2D eigenvalue weighted by Gasteiger charge is -2.34. The number of sulfonamides is 1. The van der Waals surface area contributed by atoms with Gasteiger partial charge in [-0.05, 0) is 56.9 Å². The Hall–Kier alpha value is -3.65. The topological polar surface area (TPSA) is 86.8 Å². The van der Waals surface area contributed by atoms with Gasteiger partial charge in [0.1, 0.15) is 12.6 Å². The van der Waals surface area contributed by atoms with Gasteiger partial charge in [0, 0.05) is 19.0 Å². The molecule has 0 saturated heterocycles. The molecule has 7 nitrogen and oxygen atoms in total. The summed E-state index contributed by atoms with van der Waals surface area (Å²) in [6.07, 6.45) is 2.13. The fourth-order valence-corrected chi connectivity index (χ4v) is 5.59. The van der Waals surface area contributed by atoms with E-state index < -0.39 is 28.5 Å². The Kier molecular flexibility index (Phi) is 10.5. The van der Waals surface area contributed by atoms with Crippen molar-refractivity contribution in [2.45, 2.75) is 66.1 Å². The number of nitrogens with zero attached hydrogens (tertiary/aromatic N) is 2. The van der Waals surface area contributed by atoms with Gasteiger partial charge in [-0.25, -0.2) is 8.42 Å². The van der Waals surface area contributed by atoms with Gasteiger partial charge in [-0.2, -0.15) is 0 Å². The first-order valence-electron chi connectivity index (χ1n) is 13.6. The lowest BCUT2D eigenvalue weighted by Crippen LogP contribution is -2.54. The van der Waals surface area contributed by atoms with Crippen LogP contribution in [0.4, 0.5) is 5.69 Å². The molecule has 8 heteroatoms. The van der Waals surface area contributed by atoms with Crippen LogP contribution < -0.4 is 9.62 Å². The van der Waals surface area contributed by atoms with Crippen molar-refractivity contribution in [1.82, 2.24) is 10.2 Å². The quantitative estimate of drug-likeness (QED) is 0.339. The first-order valence-corrected chi connectivity index (χ1v) is 15.5. The first kappa shape index (κ1) is 30.9. The molecule has 0 saturated carbocycles. The molecular weight excluding hydrogens is 522 g/mol. The van der Waals surface area contributed by atoms with E-state index in [1.54, 1.807) is 6.07 Å². The molecule has 40 heavy (non-hydrogen) atoms. The van der Waals surface area contributed by atoms with Crippen LogP contribution in [-0.2, 0) is 32.6 Å². The molecule has 0 aliphatic heterocycles. The lowest BCUT2D eigenvalue weighted by molar-refractivity contribution is -0.140. The fourth-order valence-electron chi connectivity index (χ4n) is 4.68. The Bertz CT molecular complexity index is 1420. The fraction of sp³-hybridized carbons (Fsp3) is 0.375. The highest BCUT2D eigenvalue weighted by Gasteiger charge is 2.33. The Morgan fingerprint density at radius 3 is 2.12 bits per heavy atom. The summed E-state index contributed by atoms with van der Waals surface area (Å²) in [6.45, 7) is 9.38. The van der Waals surface area contributed by atoms with Crippen LogP contribution in [0, 0.1) is 20.8 Å². The van der Waals surface area contributed by atoms with Gasteiger partial charge in [-0.1, -0.05) is 84.8 Å². The van der Waals surface area contributed by atoms with E-state index in [0.29, 0.717) is 12.1 Å². The zero-order valence-corrected chi connectivity index (χ0v) is 25.2. The molecule has 0 aliphatic carbocycles. The summed E-state index contributed by atoms with van der Waals surface area (Å²) in [5, 5.41) is 3.05. The molecule has 3 aromatic carbocycles. The van der Waals surface area contributed by atoms with Gasteiger partial charge in [0.25, 0.3) is 0 Å². The smallest absolute Gasteiger partial charge is 0.244 e. The van der Waals surface area contributed by atoms with Gasteiger partial charge >= 0.3 is 0 Å². The SMILES string of the molecule is CC[C@@H](C)NC(=O)[C@@H](Cc1ccccc1)N(Cc1cccc(C)c1)C(=O)CN(c1ccc(C)cc1C)S(C)(=O)=O. The van der Waals surface area contributed by atoms with Gasteiger partial charge < -0.3 is 10.2 Å². The number of benzene rings is 3. The number of hydrogen-bond acceptors (Lipinski definition) is 4. The standard InChI is InChI=1S/C32H41N3O4S/c1-7-26(5)33-32(37)30(20-27-13-9-8-10-14-27)34(21-28-15-11-12-23(2)19-28)31(36)22-35(40(6,38)39)29-17-16-24(3)18-25(29)4/h8-19,26,30H,7,20-22H2,1-6H3,(H,33,37)/t26-,30-/m1/s1. The molecule has 0 radical (unpaired) electrons. The van der Waals surface area contributed by atoms with Crippen molar-refractivity contribution in [2.75, 3.05) is 17.1 Å². The summed E-state index contributed by atoms with van der Waals surface area (Å²) in [5.74, 6) is -0.719. The third kappa shape index (κ3) is 8.42. The molecule has 2 atom stereocenters. The van der Waals surface area contributed by atoms with Crippen LogP contribution in [0.25, 0.3) is 0 Å². The predicted molar refractivity (Wildman–Crippen MR) is 162 cm³/mol. The Morgan fingerprint density at radius 1 is 0.875 bits per heavy atom. The highest BCUT2D eigenvalue weighted by molar-refractivity contribution is 7.92. The van der Waals surface area contributed by atoms with Crippen LogP contribution in [0.2, 0.25) is 0 Å². The van der Waals surface area contributed by atoms with Crippen molar-refractivity contribution < 1.29 is 18.0 Å². The Labute approximate surface area is 239 Å². The highest BCUT2D eigenvalue weighted by Crippen LogP contribution is 2.25. The largest absolute Gasteiger partial charge is 0.352 e. The van der Waals surface area contributed by atoms with Crippen molar-refractivity contribution in [3.05, 3.63) is 101 Å². The van der Waals surface area contributed by atoms with E-state index in [1.165, 1.54) is 4.90 Å². The molecule has 0 aromatic heterocycles. The molecule has 0 fully saturated rings. The molecule has 1 N–H and O–H groups in total. The van der Waals surface area contributed by atoms with Crippen LogP contribution in [0.1, 0.15) is 48.1 Å². The second-order valence-corrected chi connectivity index (χ2v) is 12.5. The first-order chi connectivity index (χ1) is 18.9. The number of aryl methyl sites for hydroxylation is 3. The molecule has 0 bridgehead atoms. The minimum atomic E-state index is -3.80. The number of anilines is 1. The monoisotopic (exact) mass is 563 g/mol. The maximum Gasteiger partial charge on any atom is 0.244 e. The third-order valence-corrected chi connectivity index (χ3v) is 8.13. The van der Waals surface area contributed by atoms with Gasteiger partial charge in [-0.15, -0.1) is 0 Å². The second kappa shape index (κ2) is 13.6. The molecule has 2 amide bonds. The second-order valence-electron chi connectivity index (χ2n) is 10.6. The summed E-state index contributed by atoms with van der Waals surface area (Å²) in [6, 6.07) is 21.9. The molecule has 3 rings (SSSR count). The molecular formula is C32H41N3O4S. The average Bonchev–Trinajstić information content (AvgIpc) is 2.89. The molecule has 0 aliphatic rings. The molecule has 0 heterocycles. The Morgan fingerprint density at radius 2 is 1.52 bits per heavy atom. The molecule has 214 valence electrons. The number of nitrogens with one attached hydrogen (secondary N) is 1. The number of carbonyl (C=O) groups excluding carboxylic acids is 2. The van der Waals surface area contributed by atoms with E-state index in [9.17, 15) is 18.0 Å². The summed E-state index contributed by atoms with van der Waals surface area (Å²) in [5.41, 5.74) is 4.98. The van der Waals surface area contributed by atoms with Crippen molar-refractivity contribution >= 4 is 27.5 Å². The number of rotatable bonds is 12. The van der Waals surface area contributed by atoms with Crippen LogP contribution >= 0.6 is 0 Å². The zero-order valence-electron chi connectivity index (χ0n) is 24.3. The summed E-state index contributed by atoms with van der Waals surface area (Å²) in [7, 11) is -3.80. The van der Waals surface area contributed by atoms with E-state index in [2.05, 4.69) is 5.32 Å². The minimum absolute atomic E-state index is 0.0792. The van der Waals surface area contributed by atoms with E-state index in [-0.39, 0.29) is 18.5 Å². The zero-order chi connectivity index (χ0) is 29.4. The maximum atomic E-state index is 14.2. The minimum Gasteiger partial charge on any atom is -0.352 e. The van der Waals surface area contributed by atoms with E-state index in [0.717, 1.165) is 44.8 Å². The molecule has 0 spiro atoms. The van der Waals surface area contributed by atoms with Crippen molar-refractivity contribution in [1.29, 1.82) is 0 Å². The van der Waals surface area contributed by atoms with E-state index >= 15 is 0 Å². The van der Waals surface area contributed by atoms with Gasteiger partial charge in [-0.3, -0.25) is 13.9 Å². The van der Waals surface area contributed by atoms with Crippen molar-refractivity contribution in [3.8, 4) is 0 Å². The van der Waals surface area contributed by atoms with Gasteiger partial charge in [0.15, 0.2) is 0 Å². The number of carbonyl (C=O) groups is 2. The van der Waals surface area contributed by atoms with Crippen LogP contribution in [0.15, 0.2) is 72.8 Å². The van der Waals surface area contributed by atoms with Gasteiger partial charge in [0.05, 0.1) is 11.9 Å². The Balaban J connectivity index is 2.08. The number of amides is 2. The highest BCUT2D eigenvalue weighted by atomic mass is 32.2. The normalized spacial score (nSPS) is 12.8. The summed E-state index contributed by atoms with van der Waals surface area (Å²) in [4.78, 5) is 29.4. The lowest BCUT2D eigenvalue weighted by atomic mass is 10.0.